The Hall–Kier alpha value is -0.950. The van der Waals surface area contributed by atoms with Gasteiger partial charge in [0.1, 0.15) is 5.58 Å². The van der Waals surface area contributed by atoms with E-state index in [1.807, 2.05) is 24.3 Å². The molecule has 62 valence electrons. The molecule has 2 rings (SSSR count). The van der Waals surface area contributed by atoms with E-state index in [-0.39, 0.29) is 0 Å². The molecule has 2 aromatic rings. The molecule has 12 heavy (non-hydrogen) atoms. The number of fused-ring (bicyclic) bond motifs is 1. The second kappa shape index (κ2) is 2.83. The highest BCUT2D eigenvalue weighted by Crippen LogP contribution is 2.29. The van der Waals surface area contributed by atoms with Crippen molar-refractivity contribution < 1.29 is 4.42 Å². The first-order valence-corrected chi connectivity index (χ1v) is 4.36. The molecule has 0 saturated carbocycles. The molecule has 1 aromatic carbocycles. The van der Waals surface area contributed by atoms with Gasteiger partial charge in [0.15, 0.2) is 5.22 Å². The zero-order valence-electron chi connectivity index (χ0n) is 6.80. The van der Waals surface area contributed by atoms with Gasteiger partial charge in [-0.1, -0.05) is 25.1 Å². The SMILES string of the molecule is CCc1c(Cl)oc2ccccc12. The summed E-state index contributed by atoms with van der Waals surface area (Å²) in [6.07, 6.45) is 0.913. The number of furan rings is 1. The summed E-state index contributed by atoms with van der Waals surface area (Å²) in [5.74, 6) is 0. The number of aryl methyl sites for hydroxylation is 1. The van der Waals surface area contributed by atoms with Gasteiger partial charge in [0, 0.05) is 10.9 Å². The van der Waals surface area contributed by atoms with Crippen LogP contribution in [0.15, 0.2) is 28.7 Å². The first-order chi connectivity index (χ1) is 5.83. The Morgan fingerprint density at radius 2 is 2.08 bits per heavy atom. The number of rotatable bonds is 1. The van der Waals surface area contributed by atoms with Crippen LogP contribution in [0.2, 0.25) is 5.22 Å². The molecule has 0 aliphatic heterocycles. The van der Waals surface area contributed by atoms with Crippen molar-refractivity contribution in [1.82, 2.24) is 0 Å². The third-order valence-corrected chi connectivity index (χ3v) is 2.31. The predicted octanol–water partition coefficient (Wildman–Crippen LogP) is 3.65. The van der Waals surface area contributed by atoms with Gasteiger partial charge in [0.25, 0.3) is 0 Å². The van der Waals surface area contributed by atoms with Crippen LogP contribution in [0.1, 0.15) is 12.5 Å². The quantitative estimate of drug-likeness (QED) is 0.653. The molecule has 0 fully saturated rings. The average Bonchev–Trinajstić information content (AvgIpc) is 2.40. The van der Waals surface area contributed by atoms with Crippen LogP contribution in [-0.4, -0.2) is 0 Å². The molecule has 2 heteroatoms. The fraction of sp³-hybridized carbons (Fsp3) is 0.200. The topological polar surface area (TPSA) is 13.1 Å². The number of halogens is 1. The van der Waals surface area contributed by atoms with Crippen molar-refractivity contribution in [3.63, 3.8) is 0 Å². The number of hydrogen-bond acceptors (Lipinski definition) is 1. The number of benzene rings is 1. The van der Waals surface area contributed by atoms with Crippen LogP contribution in [0.25, 0.3) is 11.0 Å². The van der Waals surface area contributed by atoms with E-state index in [4.69, 9.17) is 16.0 Å². The molecule has 0 radical (unpaired) electrons. The van der Waals surface area contributed by atoms with Gasteiger partial charge < -0.3 is 4.42 Å². The summed E-state index contributed by atoms with van der Waals surface area (Å²) in [5, 5.41) is 1.66. The van der Waals surface area contributed by atoms with Gasteiger partial charge in [-0.25, -0.2) is 0 Å². The molecule has 0 aliphatic rings. The lowest BCUT2D eigenvalue weighted by Gasteiger charge is -1.89. The molecule has 0 amide bonds. The highest BCUT2D eigenvalue weighted by atomic mass is 35.5. The highest BCUT2D eigenvalue weighted by Gasteiger charge is 2.08. The standard InChI is InChI=1S/C10H9ClO/c1-2-7-8-5-3-4-6-9(8)12-10(7)11/h3-6H,2H2,1H3. The van der Waals surface area contributed by atoms with Gasteiger partial charge in [-0.05, 0) is 24.1 Å². The molecule has 1 nitrogen and oxygen atoms in total. The molecule has 0 atom stereocenters. The van der Waals surface area contributed by atoms with Crippen molar-refractivity contribution >= 4 is 22.6 Å². The largest absolute Gasteiger partial charge is 0.444 e. The van der Waals surface area contributed by atoms with Crippen molar-refractivity contribution in [1.29, 1.82) is 0 Å². The summed E-state index contributed by atoms with van der Waals surface area (Å²) in [7, 11) is 0. The van der Waals surface area contributed by atoms with Gasteiger partial charge in [0.05, 0.1) is 0 Å². The first-order valence-electron chi connectivity index (χ1n) is 3.99. The van der Waals surface area contributed by atoms with Gasteiger partial charge in [0.2, 0.25) is 0 Å². The van der Waals surface area contributed by atoms with Gasteiger partial charge in [-0.3, -0.25) is 0 Å². The van der Waals surface area contributed by atoms with E-state index in [2.05, 4.69) is 6.92 Å². The summed E-state index contributed by atoms with van der Waals surface area (Å²) < 4.78 is 5.36. The van der Waals surface area contributed by atoms with Crippen LogP contribution in [0.3, 0.4) is 0 Å². The summed E-state index contributed by atoms with van der Waals surface area (Å²) in [6, 6.07) is 7.90. The summed E-state index contributed by atoms with van der Waals surface area (Å²) in [5.41, 5.74) is 1.98. The number of para-hydroxylation sites is 1. The molecular weight excluding hydrogens is 172 g/mol. The Balaban J connectivity index is 2.81. The van der Waals surface area contributed by atoms with Crippen LogP contribution in [-0.2, 0) is 6.42 Å². The zero-order valence-corrected chi connectivity index (χ0v) is 7.56. The Morgan fingerprint density at radius 1 is 1.33 bits per heavy atom. The van der Waals surface area contributed by atoms with Crippen molar-refractivity contribution in [3.05, 3.63) is 35.0 Å². The van der Waals surface area contributed by atoms with Crippen LogP contribution in [0.4, 0.5) is 0 Å². The molecule has 0 bridgehead atoms. The zero-order chi connectivity index (χ0) is 8.55. The Morgan fingerprint density at radius 3 is 2.83 bits per heavy atom. The van der Waals surface area contributed by atoms with E-state index in [0.717, 1.165) is 23.0 Å². The Labute approximate surface area is 75.9 Å². The van der Waals surface area contributed by atoms with Crippen LogP contribution >= 0.6 is 11.6 Å². The minimum Gasteiger partial charge on any atom is -0.444 e. The summed E-state index contributed by atoms with van der Waals surface area (Å²) >= 11 is 5.90. The van der Waals surface area contributed by atoms with Gasteiger partial charge in [-0.15, -0.1) is 0 Å². The molecule has 0 aliphatic carbocycles. The lowest BCUT2D eigenvalue weighted by Crippen LogP contribution is -1.75. The Bertz CT molecular complexity index is 403. The molecule has 0 spiro atoms. The van der Waals surface area contributed by atoms with E-state index in [0.29, 0.717) is 5.22 Å². The van der Waals surface area contributed by atoms with Crippen molar-refractivity contribution in [3.8, 4) is 0 Å². The minimum absolute atomic E-state index is 0.527. The summed E-state index contributed by atoms with van der Waals surface area (Å²) in [6.45, 7) is 2.07. The lowest BCUT2D eigenvalue weighted by molar-refractivity contribution is 0.613. The van der Waals surface area contributed by atoms with Gasteiger partial charge >= 0.3 is 0 Å². The summed E-state index contributed by atoms with van der Waals surface area (Å²) in [4.78, 5) is 0. The van der Waals surface area contributed by atoms with E-state index in [1.165, 1.54) is 0 Å². The average molecular weight is 181 g/mol. The maximum absolute atomic E-state index is 5.90. The highest BCUT2D eigenvalue weighted by molar-refractivity contribution is 6.30. The van der Waals surface area contributed by atoms with E-state index < -0.39 is 0 Å². The maximum Gasteiger partial charge on any atom is 0.197 e. The smallest absolute Gasteiger partial charge is 0.197 e. The Kier molecular flexibility index (Phi) is 1.81. The fourth-order valence-corrected chi connectivity index (χ4v) is 1.72. The van der Waals surface area contributed by atoms with E-state index in [9.17, 15) is 0 Å². The monoisotopic (exact) mass is 180 g/mol. The third kappa shape index (κ3) is 1.01. The minimum atomic E-state index is 0.527. The van der Waals surface area contributed by atoms with E-state index in [1.54, 1.807) is 0 Å². The molecule has 0 saturated heterocycles. The van der Waals surface area contributed by atoms with Crippen molar-refractivity contribution in [2.24, 2.45) is 0 Å². The van der Waals surface area contributed by atoms with Gasteiger partial charge in [-0.2, -0.15) is 0 Å². The normalized spacial score (nSPS) is 10.8. The van der Waals surface area contributed by atoms with Crippen LogP contribution in [0, 0.1) is 0 Å². The molecule has 1 heterocycles. The molecule has 1 aromatic heterocycles. The number of hydrogen-bond donors (Lipinski definition) is 0. The third-order valence-electron chi connectivity index (χ3n) is 2.00. The molecular formula is C10H9ClO. The lowest BCUT2D eigenvalue weighted by atomic mass is 10.1. The second-order valence-electron chi connectivity index (χ2n) is 2.70. The predicted molar refractivity (Wildman–Crippen MR) is 50.6 cm³/mol. The first kappa shape index (κ1) is 7.69. The molecule has 0 N–H and O–H groups in total. The van der Waals surface area contributed by atoms with Crippen molar-refractivity contribution in [2.75, 3.05) is 0 Å². The van der Waals surface area contributed by atoms with E-state index >= 15 is 0 Å². The van der Waals surface area contributed by atoms with Crippen LogP contribution < -0.4 is 0 Å². The fourth-order valence-electron chi connectivity index (χ4n) is 1.40. The second-order valence-corrected chi connectivity index (χ2v) is 3.05. The van der Waals surface area contributed by atoms with Crippen molar-refractivity contribution in [2.45, 2.75) is 13.3 Å². The van der Waals surface area contributed by atoms with Crippen LogP contribution in [0.5, 0.6) is 0 Å². The maximum atomic E-state index is 5.90. The molecule has 0 unspecified atom stereocenters.